The monoisotopic (exact) mass is 329 g/mol. The molecule has 1 amide bonds. The van der Waals surface area contributed by atoms with Crippen molar-refractivity contribution in [3.63, 3.8) is 0 Å². The molecule has 1 saturated heterocycles. The average Bonchev–Trinajstić information content (AvgIpc) is 3.06. The Kier molecular flexibility index (Phi) is 5.59. The van der Waals surface area contributed by atoms with E-state index in [-0.39, 0.29) is 11.8 Å². The number of aromatic nitrogens is 2. The fraction of sp³-hybridized carbons (Fsp3) is 0.500. The molecule has 1 atom stereocenters. The Hall–Kier alpha value is -2.21. The lowest BCUT2D eigenvalue weighted by atomic mass is 9.97. The lowest BCUT2D eigenvalue weighted by molar-refractivity contribution is -0.133. The third kappa shape index (κ3) is 4.41. The van der Waals surface area contributed by atoms with Crippen molar-refractivity contribution in [3.8, 4) is 0 Å². The van der Waals surface area contributed by atoms with Crippen molar-refractivity contribution in [1.82, 2.24) is 15.0 Å². The Bertz CT molecular complexity index is 657. The standard InChI is InChI=1S/C18H23N3O3/c1-14-19-18(20-24-14)16-8-5-10-21(12-16)17(22)9-11-23-13-15-6-3-2-4-7-15/h2-4,6-7,16H,5,8-13H2,1H3/t16-/m0/s1. The van der Waals surface area contributed by atoms with Gasteiger partial charge in [0.15, 0.2) is 5.82 Å². The number of carbonyl (C=O) groups is 1. The van der Waals surface area contributed by atoms with E-state index in [2.05, 4.69) is 10.1 Å². The maximum atomic E-state index is 12.4. The second-order valence-electron chi connectivity index (χ2n) is 6.14. The van der Waals surface area contributed by atoms with Gasteiger partial charge < -0.3 is 14.2 Å². The predicted molar refractivity (Wildman–Crippen MR) is 88.3 cm³/mol. The summed E-state index contributed by atoms with van der Waals surface area (Å²) in [6, 6.07) is 9.98. The van der Waals surface area contributed by atoms with E-state index in [1.165, 1.54) is 0 Å². The second-order valence-corrected chi connectivity index (χ2v) is 6.14. The van der Waals surface area contributed by atoms with Gasteiger partial charge in [-0.25, -0.2) is 0 Å². The number of likely N-dealkylation sites (tertiary alicyclic amines) is 1. The van der Waals surface area contributed by atoms with E-state index in [0.717, 1.165) is 24.9 Å². The lowest BCUT2D eigenvalue weighted by Gasteiger charge is -2.31. The van der Waals surface area contributed by atoms with Crippen LogP contribution in [0.25, 0.3) is 0 Å². The van der Waals surface area contributed by atoms with Crippen molar-refractivity contribution >= 4 is 5.91 Å². The highest BCUT2D eigenvalue weighted by molar-refractivity contribution is 5.76. The quantitative estimate of drug-likeness (QED) is 0.762. The number of hydrogen-bond acceptors (Lipinski definition) is 5. The van der Waals surface area contributed by atoms with E-state index in [1.54, 1.807) is 6.92 Å². The largest absolute Gasteiger partial charge is 0.376 e. The fourth-order valence-corrected chi connectivity index (χ4v) is 2.98. The number of carbonyl (C=O) groups excluding carboxylic acids is 1. The first-order valence-corrected chi connectivity index (χ1v) is 8.42. The summed E-state index contributed by atoms with van der Waals surface area (Å²) in [6.45, 7) is 4.22. The minimum Gasteiger partial charge on any atom is -0.376 e. The molecule has 6 nitrogen and oxygen atoms in total. The topological polar surface area (TPSA) is 68.5 Å². The van der Waals surface area contributed by atoms with E-state index in [9.17, 15) is 4.79 Å². The zero-order valence-electron chi connectivity index (χ0n) is 14.0. The fourth-order valence-electron chi connectivity index (χ4n) is 2.98. The Labute approximate surface area is 141 Å². The Morgan fingerprint density at radius 1 is 1.38 bits per heavy atom. The van der Waals surface area contributed by atoms with E-state index in [0.29, 0.717) is 37.9 Å². The van der Waals surface area contributed by atoms with Crippen LogP contribution in [-0.4, -0.2) is 40.6 Å². The third-order valence-electron chi connectivity index (χ3n) is 4.25. The summed E-state index contributed by atoms with van der Waals surface area (Å²) in [7, 11) is 0. The summed E-state index contributed by atoms with van der Waals surface area (Å²) >= 11 is 0. The van der Waals surface area contributed by atoms with Gasteiger partial charge in [0.2, 0.25) is 11.8 Å². The first-order valence-electron chi connectivity index (χ1n) is 8.42. The molecule has 1 aromatic heterocycles. The van der Waals surface area contributed by atoms with Gasteiger partial charge in [-0.15, -0.1) is 0 Å². The summed E-state index contributed by atoms with van der Waals surface area (Å²) in [5, 5.41) is 3.99. The number of ether oxygens (including phenoxy) is 1. The maximum Gasteiger partial charge on any atom is 0.224 e. The Morgan fingerprint density at radius 3 is 2.96 bits per heavy atom. The summed E-state index contributed by atoms with van der Waals surface area (Å²) in [5.74, 6) is 1.59. The summed E-state index contributed by atoms with van der Waals surface area (Å²) in [6.07, 6.45) is 2.37. The molecular formula is C18H23N3O3. The smallest absolute Gasteiger partial charge is 0.224 e. The van der Waals surface area contributed by atoms with Crippen molar-refractivity contribution in [2.45, 2.75) is 38.7 Å². The zero-order valence-corrected chi connectivity index (χ0v) is 14.0. The van der Waals surface area contributed by atoms with Crippen molar-refractivity contribution in [2.24, 2.45) is 0 Å². The van der Waals surface area contributed by atoms with E-state index in [1.807, 2.05) is 35.2 Å². The number of benzene rings is 1. The SMILES string of the molecule is Cc1nc([C@H]2CCCN(C(=O)CCOCc3ccccc3)C2)no1. The highest BCUT2D eigenvalue weighted by atomic mass is 16.5. The number of rotatable bonds is 6. The first-order chi connectivity index (χ1) is 11.7. The van der Waals surface area contributed by atoms with Crippen LogP contribution in [0.2, 0.25) is 0 Å². The molecule has 128 valence electrons. The highest BCUT2D eigenvalue weighted by Gasteiger charge is 2.27. The zero-order chi connectivity index (χ0) is 16.8. The molecule has 2 aromatic rings. The molecule has 24 heavy (non-hydrogen) atoms. The second kappa shape index (κ2) is 8.06. The van der Waals surface area contributed by atoms with Gasteiger partial charge in [0, 0.05) is 25.9 Å². The van der Waals surface area contributed by atoms with Crippen molar-refractivity contribution in [1.29, 1.82) is 0 Å². The van der Waals surface area contributed by atoms with Gasteiger partial charge in [-0.2, -0.15) is 4.98 Å². The van der Waals surface area contributed by atoms with E-state index >= 15 is 0 Å². The third-order valence-corrected chi connectivity index (χ3v) is 4.25. The van der Waals surface area contributed by atoms with Crippen LogP contribution in [0.3, 0.4) is 0 Å². The first kappa shape index (κ1) is 16.6. The molecule has 6 heteroatoms. The molecule has 1 fully saturated rings. The van der Waals surface area contributed by atoms with Crippen molar-refractivity contribution in [2.75, 3.05) is 19.7 Å². The van der Waals surface area contributed by atoms with E-state index in [4.69, 9.17) is 9.26 Å². The maximum absolute atomic E-state index is 12.4. The molecule has 0 radical (unpaired) electrons. The summed E-state index contributed by atoms with van der Waals surface area (Å²) in [4.78, 5) is 18.6. The van der Waals surface area contributed by atoms with Crippen LogP contribution >= 0.6 is 0 Å². The summed E-state index contributed by atoms with van der Waals surface area (Å²) in [5.41, 5.74) is 1.12. The van der Waals surface area contributed by atoms with Crippen LogP contribution in [0, 0.1) is 6.92 Å². The van der Waals surface area contributed by atoms with Crippen LogP contribution < -0.4 is 0 Å². The van der Waals surface area contributed by atoms with Crippen molar-refractivity contribution < 1.29 is 14.1 Å². The molecule has 3 rings (SSSR count). The number of hydrogen-bond donors (Lipinski definition) is 0. The molecule has 1 aliphatic rings. The lowest BCUT2D eigenvalue weighted by Crippen LogP contribution is -2.39. The van der Waals surface area contributed by atoms with Crippen LogP contribution in [-0.2, 0) is 16.1 Å². The number of piperidine rings is 1. The Balaban J connectivity index is 1.43. The minimum atomic E-state index is 0.132. The predicted octanol–water partition coefficient (Wildman–Crippen LogP) is 2.69. The minimum absolute atomic E-state index is 0.132. The molecular weight excluding hydrogens is 306 g/mol. The molecule has 0 spiro atoms. The van der Waals surface area contributed by atoms with Gasteiger partial charge in [-0.3, -0.25) is 4.79 Å². The molecule has 0 bridgehead atoms. The molecule has 0 saturated carbocycles. The molecule has 1 aromatic carbocycles. The molecule has 0 unspecified atom stereocenters. The number of aryl methyl sites for hydroxylation is 1. The molecule has 0 aliphatic carbocycles. The summed E-state index contributed by atoms with van der Waals surface area (Å²) < 4.78 is 10.7. The number of nitrogens with zero attached hydrogens (tertiary/aromatic N) is 3. The van der Waals surface area contributed by atoms with Gasteiger partial charge >= 0.3 is 0 Å². The van der Waals surface area contributed by atoms with E-state index < -0.39 is 0 Å². The Morgan fingerprint density at radius 2 is 2.21 bits per heavy atom. The van der Waals surface area contributed by atoms with Crippen LogP contribution in [0.1, 0.15) is 42.5 Å². The van der Waals surface area contributed by atoms with Gasteiger partial charge in [-0.05, 0) is 18.4 Å². The highest BCUT2D eigenvalue weighted by Crippen LogP contribution is 2.25. The van der Waals surface area contributed by atoms with Crippen LogP contribution in [0.15, 0.2) is 34.9 Å². The number of amides is 1. The van der Waals surface area contributed by atoms with Gasteiger partial charge in [0.1, 0.15) is 0 Å². The molecule has 0 N–H and O–H groups in total. The molecule has 1 aliphatic heterocycles. The molecule has 2 heterocycles. The van der Waals surface area contributed by atoms with Crippen LogP contribution in [0.4, 0.5) is 0 Å². The average molecular weight is 329 g/mol. The normalized spacial score (nSPS) is 17.9. The van der Waals surface area contributed by atoms with Gasteiger partial charge in [0.05, 0.1) is 19.6 Å². The van der Waals surface area contributed by atoms with Gasteiger partial charge in [0.25, 0.3) is 0 Å². The van der Waals surface area contributed by atoms with Crippen LogP contribution in [0.5, 0.6) is 0 Å². The van der Waals surface area contributed by atoms with Gasteiger partial charge in [-0.1, -0.05) is 35.5 Å². The van der Waals surface area contributed by atoms with Crippen molar-refractivity contribution in [3.05, 3.63) is 47.6 Å².